The van der Waals surface area contributed by atoms with E-state index in [1.807, 2.05) is 17.8 Å². The summed E-state index contributed by atoms with van der Waals surface area (Å²) in [5, 5.41) is 25.7. The number of hydrogen-bond acceptors (Lipinski definition) is 7. The quantitative estimate of drug-likeness (QED) is 0.860. The van der Waals surface area contributed by atoms with Crippen LogP contribution in [-0.4, -0.2) is 36.3 Å². The van der Waals surface area contributed by atoms with Gasteiger partial charge in [-0.25, -0.2) is 4.68 Å². The second kappa shape index (κ2) is 6.37. The molecule has 8 nitrogen and oxygen atoms in total. The van der Waals surface area contributed by atoms with Crippen molar-refractivity contribution in [3.8, 4) is 0 Å². The first-order chi connectivity index (χ1) is 10.9. The van der Waals surface area contributed by atoms with Crippen LogP contribution < -0.4 is 5.32 Å². The van der Waals surface area contributed by atoms with Gasteiger partial charge in [0, 0.05) is 6.04 Å². The largest absolute Gasteiger partial charge is 0.384 e. The number of hydrogen-bond donors (Lipinski definition) is 2. The van der Waals surface area contributed by atoms with Gasteiger partial charge >= 0.3 is 0 Å². The van der Waals surface area contributed by atoms with Gasteiger partial charge in [-0.15, -0.1) is 5.10 Å². The van der Waals surface area contributed by atoms with Gasteiger partial charge in [-0.2, -0.15) is 4.98 Å². The normalized spacial score (nSPS) is 22.4. The van der Waals surface area contributed by atoms with E-state index in [-0.39, 0.29) is 12.1 Å². The Hall–Kier alpha value is -1.80. The van der Waals surface area contributed by atoms with Crippen LogP contribution in [0.2, 0.25) is 0 Å². The zero-order valence-corrected chi connectivity index (χ0v) is 13.9. The molecule has 1 saturated carbocycles. The summed E-state index contributed by atoms with van der Waals surface area (Å²) < 4.78 is 7.03. The van der Waals surface area contributed by atoms with Crippen LogP contribution in [-0.2, 0) is 12.1 Å². The highest BCUT2D eigenvalue weighted by atomic mass is 16.5. The summed E-state index contributed by atoms with van der Waals surface area (Å²) in [5.41, 5.74) is -0.383. The first-order valence-corrected chi connectivity index (χ1v) is 8.11. The molecule has 2 aromatic heterocycles. The fourth-order valence-electron chi connectivity index (χ4n) is 3.02. The smallest absolute Gasteiger partial charge is 0.240 e. The van der Waals surface area contributed by atoms with Gasteiger partial charge < -0.3 is 14.9 Å². The topological polar surface area (TPSA) is 102 Å². The van der Waals surface area contributed by atoms with Gasteiger partial charge in [0.2, 0.25) is 5.89 Å². The van der Waals surface area contributed by atoms with Crippen molar-refractivity contribution < 1.29 is 9.63 Å². The molecule has 0 aromatic carbocycles. The van der Waals surface area contributed by atoms with Crippen LogP contribution in [0.4, 0.5) is 0 Å². The van der Waals surface area contributed by atoms with Crippen molar-refractivity contribution in [2.45, 2.75) is 70.7 Å². The highest BCUT2D eigenvalue weighted by Crippen LogP contribution is 2.29. The maximum absolute atomic E-state index is 10.1. The van der Waals surface area contributed by atoms with E-state index in [1.165, 1.54) is 12.8 Å². The number of nitrogens with one attached hydrogen (secondary N) is 1. The third-order valence-corrected chi connectivity index (χ3v) is 4.29. The Kier molecular flexibility index (Phi) is 4.45. The third-order valence-electron chi connectivity index (χ3n) is 4.29. The predicted molar refractivity (Wildman–Crippen MR) is 82.4 cm³/mol. The zero-order valence-electron chi connectivity index (χ0n) is 13.9. The van der Waals surface area contributed by atoms with Gasteiger partial charge in [-0.3, -0.25) is 0 Å². The molecule has 1 aliphatic carbocycles. The maximum Gasteiger partial charge on any atom is 0.240 e. The number of nitrogens with zero attached hydrogens (tertiary/aromatic N) is 5. The first-order valence-electron chi connectivity index (χ1n) is 8.11. The van der Waals surface area contributed by atoms with Gasteiger partial charge in [-0.05, 0) is 33.6 Å². The Morgan fingerprint density at radius 3 is 2.83 bits per heavy atom. The number of aromatic nitrogens is 5. The Bertz CT molecular complexity index is 644. The fraction of sp³-hybridized carbons (Fsp3) is 0.733. The van der Waals surface area contributed by atoms with Crippen LogP contribution in [0.3, 0.4) is 0 Å². The zero-order chi connectivity index (χ0) is 16.4. The molecule has 3 rings (SSSR count). The average Bonchev–Trinajstić information content (AvgIpc) is 3.14. The third kappa shape index (κ3) is 3.76. The van der Waals surface area contributed by atoms with Crippen molar-refractivity contribution >= 4 is 0 Å². The van der Waals surface area contributed by atoms with Crippen molar-refractivity contribution in [3.63, 3.8) is 0 Å². The molecule has 1 aliphatic rings. The van der Waals surface area contributed by atoms with Gasteiger partial charge in [0.15, 0.2) is 5.82 Å². The molecular formula is C15H24N6O2. The minimum atomic E-state index is -0.975. The van der Waals surface area contributed by atoms with Crippen LogP contribution in [0, 0.1) is 6.92 Å². The lowest BCUT2D eigenvalue weighted by molar-refractivity contribution is 0.0736. The van der Waals surface area contributed by atoms with E-state index >= 15 is 0 Å². The highest BCUT2D eigenvalue weighted by Gasteiger charge is 2.29. The Labute approximate surface area is 135 Å². The first kappa shape index (κ1) is 16.1. The lowest BCUT2D eigenvalue weighted by Crippen LogP contribution is -2.39. The molecular weight excluding hydrogens is 296 g/mol. The molecule has 126 valence electrons. The summed E-state index contributed by atoms with van der Waals surface area (Å²) in [6, 6.07) is 0.490. The molecule has 0 unspecified atom stereocenters. The van der Waals surface area contributed by atoms with E-state index in [0.717, 1.165) is 12.8 Å². The standard InChI is InChI=1S/C15H24N6O2/c1-10-17-14(23-19-10)8-16-11-6-4-5-7-12(11)21-9-13(18-20-21)15(2,3)22/h9,11-12,16,22H,4-8H2,1-3H3/t11-,12+/m0/s1. The minimum absolute atomic E-state index is 0.219. The van der Waals surface area contributed by atoms with Crippen molar-refractivity contribution in [2.24, 2.45) is 0 Å². The predicted octanol–water partition coefficient (Wildman–Crippen LogP) is 1.47. The lowest BCUT2D eigenvalue weighted by Gasteiger charge is -2.31. The molecule has 8 heteroatoms. The van der Waals surface area contributed by atoms with Crippen LogP contribution >= 0.6 is 0 Å². The Morgan fingerprint density at radius 1 is 1.39 bits per heavy atom. The van der Waals surface area contributed by atoms with Crippen molar-refractivity contribution in [1.82, 2.24) is 30.5 Å². The monoisotopic (exact) mass is 320 g/mol. The molecule has 0 amide bonds. The van der Waals surface area contributed by atoms with Crippen LogP contribution in [0.15, 0.2) is 10.7 Å². The second-order valence-corrected chi connectivity index (χ2v) is 6.72. The second-order valence-electron chi connectivity index (χ2n) is 6.72. The summed E-state index contributed by atoms with van der Waals surface area (Å²) >= 11 is 0. The summed E-state index contributed by atoms with van der Waals surface area (Å²) in [6.45, 7) is 5.80. The summed E-state index contributed by atoms with van der Waals surface area (Å²) in [6.07, 6.45) is 6.30. The molecule has 2 atom stereocenters. The van der Waals surface area contributed by atoms with Gasteiger partial charge in [-0.1, -0.05) is 23.2 Å². The molecule has 0 bridgehead atoms. The number of aliphatic hydroxyl groups is 1. The molecule has 2 aromatic rings. The van der Waals surface area contributed by atoms with Gasteiger partial charge in [0.25, 0.3) is 0 Å². The van der Waals surface area contributed by atoms with Crippen molar-refractivity contribution in [1.29, 1.82) is 0 Å². The lowest BCUT2D eigenvalue weighted by atomic mass is 9.90. The number of aryl methyl sites for hydroxylation is 1. The van der Waals surface area contributed by atoms with E-state index in [9.17, 15) is 5.11 Å². The van der Waals surface area contributed by atoms with E-state index < -0.39 is 5.60 Å². The fourth-order valence-corrected chi connectivity index (χ4v) is 3.02. The molecule has 0 spiro atoms. The maximum atomic E-state index is 10.1. The SMILES string of the molecule is Cc1noc(CN[C@H]2CCCC[C@H]2n2cc(C(C)(C)O)nn2)n1. The van der Waals surface area contributed by atoms with Crippen LogP contribution in [0.25, 0.3) is 0 Å². The van der Waals surface area contributed by atoms with Crippen molar-refractivity contribution in [3.05, 3.63) is 23.6 Å². The summed E-state index contributed by atoms with van der Waals surface area (Å²) in [4.78, 5) is 4.22. The number of rotatable bonds is 5. The van der Waals surface area contributed by atoms with Crippen LogP contribution in [0.5, 0.6) is 0 Å². The summed E-state index contributed by atoms with van der Waals surface area (Å²) in [7, 11) is 0. The van der Waals surface area contributed by atoms with Crippen molar-refractivity contribution in [2.75, 3.05) is 0 Å². The Balaban J connectivity index is 1.69. The van der Waals surface area contributed by atoms with E-state index in [0.29, 0.717) is 24.0 Å². The molecule has 0 saturated heterocycles. The molecule has 23 heavy (non-hydrogen) atoms. The molecule has 1 fully saturated rings. The minimum Gasteiger partial charge on any atom is -0.384 e. The molecule has 2 N–H and O–H groups in total. The van der Waals surface area contributed by atoms with Gasteiger partial charge in [0.05, 0.1) is 18.8 Å². The van der Waals surface area contributed by atoms with E-state index in [1.54, 1.807) is 13.8 Å². The van der Waals surface area contributed by atoms with E-state index in [4.69, 9.17) is 4.52 Å². The Morgan fingerprint density at radius 2 is 2.17 bits per heavy atom. The highest BCUT2D eigenvalue weighted by molar-refractivity contribution is 5.04. The van der Waals surface area contributed by atoms with Crippen LogP contribution in [0.1, 0.15) is 63.0 Å². The van der Waals surface area contributed by atoms with E-state index in [2.05, 4.69) is 25.8 Å². The van der Waals surface area contributed by atoms with Gasteiger partial charge in [0.1, 0.15) is 11.3 Å². The summed E-state index contributed by atoms with van der Waals surface area (Å²) in [5.74, 6) is 1.25. The average molecular weight is 320 g/mol. The molecule has 0 radical (unpaired) electrons. The molecule has 2 heterocycles. The molecule has 0 aliphatic heterocycles.